The number of amides is 1. The van der Waals surface area contributed by atoms with E-state index in [-0.39, 0.29) is 6.09 Å². The fourth-order valence-corrected chi connectivity index (χ4v) is 4.65. The van der Waals surface area contributed by atoms with E-state index in [0.29, 0.717) is 18.7 Å². The summed E-state index contributed by atoms with van der Waals surface area (Å²) in [5.41, 5.74) is 0. The zero-order valence-electron chi connectivity index (χ0n) is 12.7. The Morgan fingerprint density at radius 1 is 1.38 bits per heavy atom. The van der Waals surface area contributed by atoms with Gasteiger partial charge in [-0.1, -0.05) is 18.2 Å². The van der Waals surface area contributed by atoms with Crippen LogP contribution in [0.25, 0.3) is 0 Å². The molecular weight excluding hydrogens is 286 g/mol. The maximum atomic E-state index is 11.7. The molecule has 118 valence electrons. The van der Waals surface area contributed by atoms with E-state index in [1.165, 1.54) is 25.0 Å². The summed E-state index contributed by atoms with van der Waals surface area (Å²) in [6.45, 7) is 3.86. The molecule has 1 saturated heterocycles. The molecule has 3 rings (SSSR count). The van der Waals surface area contributed by atoms with Crippen LogP contribution in [0.15, 0.2) is 4.99 Å². The Morgan fingerprint density at radius 2 is 2.19 bits per heavy atom. The van der Waals surface area contributed by atoms with Crippen LogP contribution in [-0.2, 0) is 4.74 Å². The van der Waals surface area contributed by atoms with Gasteiger partial charge in [-0.05, 0) is 38.5 Å². The normalized spacial score (nSPS) is 29.8. The molecule has 2 fully saturated rings. The highest BCUT2D eigenvalue weighted by molar-refractivity contribution is 8.13. The Kier molecular flexibility index (Phi) is 4.93. The lowest BCUT2D eigenvalue weighted by Crippen LogP contribution is -2.47. The first-order valence-electron chi connectivity index (χ1n) is 8.15. The first-order valence-corrected chi connectivity index (χ1v) is 9.13. The molecule has 0 spiro atoms. The molecule has 2 atom stereocenters. The van der Waals surface area contributed by atoms with Crippen molar-refractivity contribution in [3.8, 4) is 0 Å². The summed E-state index contributed by atoms with van der Waals surface area (Å²) >= 11 is 1.88. The van der Waals surface area contributed by atoms with Crippen LogP contribution >= 0.6 is 11.8 Å². The van der Waals surface area contributed by atoms with E-state index in [0.717, 1.165) is 37.0 Å². The summed E-state index contributed by atoms with van der Waals surface area (Å²) in [4.78, 5) is 18.4. The number of likely N-dealkylation sites (tertiary alicyclic amines) is 1. The first-order chi connectivity index (χ1) is 10.3. The number of hydrogen-bond donors (Lipinski definition) is 1. The van der Waals surface area contributed by atoms with Crippen molar-refractivity contribution in [3.63, 3.8) is 0 Å². The van der Waals surface area contributed by atoms with Crippen LogP contribution in [0.4, 0.5) is 4.79 Å². The minimum atomic E-state index is -0.172. The van der Waals surface area contributed by atoms with Gasteiger partial charge >= 0.3 is 6.09 Å². The van der Waals surface area contributed by atoms with Gasteiger partial charge in [-0.15, -0.1) is 0 Å². The van der Waals surface area contributed by atoms with E-state index in [2.05, 4.69) is 5.32 Å². The van der Waals surface area contributed by atoms with Crippen molar-refractivity contribution in [3.05, 3.63) is 0 Å². The van der Waals surface area contributed by atoms with Crippen LogP contribution in [0.5, 0.6) is 0 Å². The van der Waals surface area contributed by atoms with Gasteiger partial charge in [-0.3, -0.25) is 4.99 Å². The lowest BCUT2D eigenvalue weighted by atomic mass is 10.1. The maximum Gasteiger partial charge on any atom is 0.409 e. The molecule has 2 aliphatic heterocycles. The molecule has 0 aromatic rings. The molecule has 3 aliphatic rings. The molecular formula is C15H25N3O2S. The first kappa shape index (κ1) is 15.0. The summed E-state index contributed by atoms with van der Waals surface area (Å²) < 4.78 is 5.05. The Bertz CT molecular complexity index is 408. The van der Waals surface area contributed by atoms with Crippen molar-refractivity contribution in [1.82, 2.24) is 10.2 Å². The number of nitrogens with one attached hydrogen (secondary N) is 1. The monoisotopic (exact) mass is 311 g/mol. The number of fused-ring (bicyclic) bond motifs is 1. The zero-order chi connectivity index (χ0) is 14.7. The van der Waals surface area contributed by atoms with Crippen molar-refractivity contribution in [2.45, 2.75) is 51.1 Å². The van der Waals surface area contributed by atoms with E-state index in [1.54, 1.807) is 0 Å². The minimum absolute atomic E-state index is 0.172. The number of nitrogens with zero attached hydrogens (tertiary/aromatic N) is 2. The topological polar surface area (TPSA) is 53.9 Å². The number of piperidine rings is 1. The molecule has 1 aliphatic carbocycles. The molecule has 0 aromatic heterocycles. The Morgan fingerprint density at radius 3 is 2.95 bits per heavy atom. The van der Waals surface area contributed by atoms with Crippen LogP contribution in [0.1, 0.15) is 39.0 Å². The highest BCUT2D eigenvalue weighted by Crippen LogP contribution is 2.35. The van der Waals surface area contributed by atoms with Gasteiger partial charge in [-0.2, -0.15) is 0 Å². The predicted octanol–water partition coefficient (Wildman–Crippen LogP) is 2.47. The van der Waals surface area contributed by atoms with E-state index in [9.17, 15) is 4.79 Å². The lowest BCUT2D eigenvalue weighted by Gasteiger charge is -2.33. The number of carbonyl (C=O) groups excluding carboxylic acids is 1. The number of carbonyl (C=O) groups is 1. The zero-order valence-corrected chi connectivity index (χ0v) is 13.5. The quantitative estimate of drug-likeness (QED) is 0.851. The second kappa shape index (κ2) is 6.90. The molecule has 2 heterocycles. The van der Waals surface area contributed by atoms with E-state index >= 15 is 0 Å². The standard InChI is InChI=1S/C15H25N3O2S/c1-2-20-15(19)18-8-6-12(7-9-18)16-14-17-13-5-3-4-11(13)10-21-14/h11-13H,2-10H2,1H3,(H,16,17). The van der Waals surface area contributed by atoms with E-state index < -0.39 is 0 Å². The average Bonchev–Trinajstić information content (AvgIpc) is 2.96. The smallest absolute Gasteiger partial charge is 0.409 e. The molecule has 1 N–H and O–H groups in total. The number of aliphatic imine (C=N–C) groups is 1. The van der Waals surface area contributed by atoms with Crippen molar-refractivity contribution in [1.29, 1.82) is 0 Å². The third-order valence-electron chi connectivity index (χ3n) is 4.68. The summed E-state index contributed by atoms with van der Waals surface area (Å²) in [7, 11) is 0. The van der Waals surface area contributed by atoms with Gasteiger partial charge in [0.05, 0.1) is 12.6 Å². The number of amidine groups is 1. The van der Waals surface area contributed by atoms with Crippen LogP contribution in [0.2, 0.25) is 0 Å². The third-order valence-corrected chi connectivity index (χ3v) is 5.78. The number of thioether (sulfide) groups is 1. The number of ether oxygens (including phenoxy) is 1. The summed E-state index contributed by atoms with van der Waals surface area (Å²) in [5.74, 6) is 2.03. The molecule has 2 unspecified atom stereocenters. The molecule has 5 nitrogen and oxygen atoms in total. The van der Waals surface area contributed by atoms with Crippen molar-refractivity contribution in [2.75, 3.05) is 25.4 Å². The summed E-state index contributed by atoms with van der Waals surface area (Å²) in [6, 6.07) is 1.01. The van der Waals surface area contributed by atoms with Crippen molar-refractivity contribution in [2.24, 2.45) is 10.9 Å². The molecule has 1 saturated carbocycles. The Hall–Kier alpha value is -0.910. The van der Waals surface area contributed by atoms with Gasteiger partial charge in [-0.25, -0.2) is 4.79 Å². The molecule has 1 amide bonds. The van der Waals surface area contributed by atoms with Gasteiger partial charge in [0.1, 0.15) is 0 Å². The van der Waals surface area contributed by atoms with E-state index in [4.69, 9.17) is 9.73 Å². The highest BCUT2D eigenvalue weighted by atomic mass is 32.2. The predicted molar refractivity (Wildman–Crippen MR) is 85.8 cm³/mol. The van der Waals surface area contributed by atoms with Gasteiger partial charge in [0.25, 0.3) is 0 Å². The van der Waals surface area contributed by atoms with Gasteiger partial charge in [0, 0.05) is 24.9 Å². The van der Waals surface area contributed by atoms with Crippen LogP contribution in [0.3, 0.4) is 0 Å². The van der Waals surface area contributed by atoms with Crippen LogP contribution in [0, 0.1) is 5.92 Å². The maximum absolute atomic E-state index is 11.7. The van der Waals surface area contributed by atoms with Crippen molar-refractivity contribution < 1.29 is 9.53 Å². The summed E-state index contributed by atoms with van der Waals surface area (Å²) in [5, 5.41) is 4.73. The highest BCUT2D eigenvalue weighted by Gasteiger charge is 2.32. The van der Waals surface area contributed by atoms with Gasteiger partial charge in [0.15, 0.2) is 5.17 Å². The fraction of sp³-hybridized carbons (Fsp3) is 0.867. The number of rotatable bonds is 2. The molecule has 0 bridgehead atoms. The Labute approximate surface area is 130 Å². The third kappa shape index (κ3) is 3.65. The van der Waals surface area contributed by atoms with E-state index in [1.807, 2.05) is 23.6 Å². The van der Waals surface area contributed by atoms with Crippen molar-refractivity contribution >= 4 is 23.0 Å². The lowest BCUT2D eigenvalue weighted by molar-refractivity contribution is 0.0964. The van der Waals surface area contributed by atoms with Gasteiger partial charge in [0.2, 0.25) is 0 Å². The molecule has 6 heteroatoms. The van der Waals surface area contributed by atoms with Crippen LogP contribution in [-0.4, -0.2) is 53.7 Å². The minimum Gasteiger partial charge on any atom is -0.450 e. The molecule has 21 heavy (non-hydrogen) atoms. The largest absolute Gasteiger partial charge is 0.450 e. The Balaban J connectivity index is 1.46. The SMILES string of the molecule is CCOC(=O)N1CCC(NC2=NC3CCCC3CS2)CC1. The number of hydrogen-bond acceptors (Lipinski definition) is 5. The molecule has 0 aromatic carbocycles. The fourth-order valence-electron chi connectivity index (χ4n) is 3.43. The summed E-state index contributed by atoms with van der Waals surface area (Å²) in [6.07, 6.45) is 5.74. The van der Waals surface area contributed by atoms with Gasteiger partial charge < -0.3 is 15.0 Å². The molecule has 0 radical (unpaired) electrons. The van der Waals surface area contributed by atoms with Crippen LogP contribution < -0.4 is 5.32 Å². The second-order valence-electron chi connectivity index (χ2n) is 6.11. The average molecular weight is 311 g/mol. The second-order valence-corrected chi connectivity index (χ2v) is 7.12.